The van der Waals surface area contributed by atoms with Crippen LogP contribution in [0.1, 0.15) is 54.4 Å². The molecule has 0 saturated heterocycles. The Hall–Kier alpha value is -1.68. The zero-order valence-electron chi connectivity index (χ0n) is 11.2. The van der Waals surface area contributed by atoms with Crippen molar-refractivity contribution in [3.8, 4) is 0 Å². The van der Waals surface area contributed by atoms with Crippen molar-refractivity contribution in [3.63, 3.8) is 0 Å². The smallest absolute Gasteiger partial charge is 0.231 e. The summed E-state index contributed by atoms with van der Waals surface area (Å²) in [5.74, 6) is 1.96. The quantitative estimate of drug-likeness (QED) is 0.914. The number of hydrogen-bond donors (Lipinski definition) is 1. The van der Waals surface area contributed by atoms with Crippen LogP contribution >= 0.6 is 0 Å². The van der Waals surface area contributed by atoms with Gasteiger partial charge in [-0.1, -0.05) is 36.3 Å². The van der Waals surface area contributed by atoms with Gasteiger partial charge in [-0.3, -0.25) is 0 Å². The van der Waals surface area contributed by atoms with Gasteiger partial charge >= 0.3 is 0 Å². The highest BCUT2D eigenvalue weighted by Crippen LogP contribution is 2.36. The first-order chi connectivity index (χ1) is 9.33. The molecule has 2 N–H and O–H groups in total. The Kier molecular flexibility index (Phi) is 3.34. The van der Waals surface area contributed by atoms with Gasteiger partial charge in [0.2, 0.25) is 5.89 Å². The highest BCUT2D eigenvalue weighted by atomic mass is 16.5. The van der Waals surface area contributed by atoms with E-state index in [1.807, 2.05) is 0 Å². The molecule has 0 amide bonds. The number of rotatable bonds is 4. The molecule has 2 atom stereocenters. The molecule has 0 aliphatic heterocycles. The van der Waals surface area contributed by atoms with Crippen molar-refractivity contribution in [2.75, 3.05) is 6.54 Å². The van der Waals surface area contributed by atoms with Crippen molar-refractivity contribution in [1.29, 1.82) is 0 Å². The minimum Gasteiger partial charge on any atom is -0.339 e. The SMILES string of the molecule is CCC(CN)c1nc(C2CCc3ccccc32)no1. The minimum absolute atomic E-state index is 0.179. The van der Waals surface area contributed by atoms with Gasteiger partial charge in [-0.25, -0.2) is 0 Å². The summed E-state index contributed by atoms with van der Waals surface area (Å²) in [5, 5.41) is 4.17. The van der Waals surface area contributed by atoms with E-state index in [4.69, 9.17) is 10.3 Å². The first-order valence-corrected chi connectivity index (χ1v) is 6.94. The van der Waals surface area contributed by atoms with Crippen molar-refractivity contribution < 1.29 is 4.52 Å². The number of benzene rings is 1. The monoisotopic (exact) mass is 257 g/mol. The average Bonchev–Trinajstić information content (AvgIpc) is 3.06. The van der Waals surface area contributed by atoms with Gasteiger partial charge in [-0.05, 0) is 30.4 Å². The van der Waals surface area contributed by atoms with Gasteiger partial charge in [0.15, 0.2) is 5.82 Å². The zero-order valence-corrected chi connectivity index (χ0v) is 11.2. The van der Waals surface area contributed by atoms with Gasteiger partial charge in [-0.2, -0.15) is 4.98 Å². The Labute approximate surface area is 113 Å². The van der Waals surface area contributed by atoms with Crippen LogP contribution in [0, 0.1) is 0 Å². The van der Waals surface area contributed by atoms with Crippen LogP contribution in [0.3, 0.4) is 0 Å². The van der Waals surface area contributed by atoms with Gasteiger partial charge in [0, 0.05) is 12.5 Å². The number of hydrogen-bond acceptors (Lipinski definition) is 4. The molecule has 0 bridgehead atoms. The first kappa shape index (κ1) is 12.4. The van der Waals surface area contributed by atoms with E-state index in [-0.39, 0.29) is 11.8 Å². The van der Waals surface area contributed by atoms with Crippen molar-refractivity contribution in [3.05, 3.63) is 47.1 Å². The molecule has 0 fully saturated rings. The lowest BCUT2D eigenvalue weighted by Gasteiger charge is -2.06. The van der Waals surface area contributed by atoms with Gasteiger partial charge < -0.3 is 10.3 Å². The molecule has 2 aromatic rings. The Morgan fingerprint density at radius 2 is 2.26 bits per heavy atom. The Morgan fingerprint density at radius 3 is 3.05 bits per heavy atom. The molecule has 1 aromatic heterocycles. The van der Waals surface area contributed by atoms with Crippen LogP contribution < -0.4 is 5.73 Å². The van der Waals surface area contributed by atoms with Crippen LogP contribution in [0.4, 0.5) is 0 Å². The molecule has 0 saturated carbocycles. The second kappa shape index (κ2) is 5.13. The largest absolute Gasteiger partial charge is 0.339 e. The molecule has 1 aliphatic rings. The van der Waals surface area contributed by atoms with Crippen molar-refractivity contribution in [1.82, 2.24) is 10.1 Å². The van der Waals surface area contributed by atoms with Gasteiger partial charge in [-0.15, -0.1) is 0 Å². The van der Waals surface area contributed by atoms with Gasteiger partial charge in [0.1, 0.15) is 0 Å². The molecule has 1 heterocycles. The van der Waals surface area contributed by atoms with Crippen molar-refractivity contribution >= 4 is 0 Å². The third-order valence-electron chi connectivity index (χ3n) is 4.03. The minimum atomic E-state index is 0.179. The molecule has 1 aromatic carbocycles. The third kappa shape index (κ3) is 2.16. The second-order valence-electron chi connectivity index (χ2n) is 5.12. The van der Waals surface area contributed by atoms with Crippen LogP contribution in [0.25, 0.3) is 0 Å². The highest BCUT2D eigenvalue weighted by molar-refractivity contribution is 5.38. The predicted octanol–water partition coefficient (Wildman–Crippen LogP) is 2.60. The third-order valence-corrected chi connectivity index (χ3v) is 4.03. The molecule has 3 rings (SSSR count). The van der Waals surface area contributed by atoms with Gasteiger partial charge in [0.05, 0.1) is 5.92 Å². The van der Waals surface area contributed by atoms with Crippen LogP contribution in [0.15, 0.2) is 28.8 Å². The van der Waals surface area contributed by atoms with Crippen LogP contribution in [-0.4, -0.2) is 16.7 Å². The van der Waals surface area contributed by atoms with E-state index in [0.29, 0.717) is 12.4 Å². The van der Waals surface area contributed by atoms with E-state index in [0.717, 1.165) is 25.1 Å². The second-order valence-corrected chi connectivity index (χ2v) is 5.12. The molecular weight excluding hydrogens is 238 g/mol. The van der Waals surface area contributed by atoms with Crippen molar-refractivity contribution in [2.24, 2.45) is 5.73 Å². The lowest BCUT2D eigenvalue weighted by Crippen LogP contribution is -2.12. The number of fused-ring (bicyclic) bond motifs is 1. The summed E-state index contributed by atoms with van der Waals surface area (Å²) in [6.45, 7) is 2.64. The van der Waals surface area contributed by atoms with Crippen LogP contribution in [0.5, 0.6) is 0 Å². The number of aromatic nitrogens is 2. The Balaban J connectivity index is 1.88. The molecule has 19 heavy (non-hydrogen) atoms. The number of aryl methyl sites for hydroxylation is 1. The molecule has 4 nitrogen and oxygen atoms in total. The lowest BCUT2D eigenvalue weighted by atomic mass is 10.0. The average molecular weight is 257 g/mol. The molecular formula is C15H19N3O. The fourth-order valence-corrected chi connectivity index (χ4v) is 2.82. The summed E-state index contributed by atoms with van der Waals surface area (Å²) in [7, 11) is 0. The predicted molar refractivity (Wildman–Crippen MR) is 73.0 cm³/mol. The van der Waals surface area contributed by atoms with E-state index in [9.17, 15) is 0 Å². The van der Waals surface area contributed by atoms with Crippen LogP contribution in [-0.2, 0) is 6.42 Å². The molecule has 0 spiro atoms. The van der Waals surface area contributed by atoms with E-state index >= 15 is 0 Å². The number of nitrogens with two attached hydrogens (primary N) is 1. The summed E-state index contributed by atoms with van der Waals surface area (Å²) in [5.41, 5.74) is 8.48. The van der Waals surface area contributed by atoms with Crippen LogP contribution in [0.2, 0.25) is 0 Å². The highest BCUT2D eigenvalue weighted by Gasteiger charge is 2.28. The van der Waals surface area contributed by atoms with E-state index in [1.165, 1.54) is 11.1 Å². The van der Waals surface area contributed by atoms with E-state index in [2.05, 4.69) is 41.3 Å². The molecule has 1 aliphatic carbocycles. The summed E-state index contributed by atoms with van der Waals surface area (Å²) in [6, 6.07) is 8.52. The zero-order chi connectivity index (χ0) is 13.2. The van der Waals surface area contributed by atoms with E-state index in [1.54, 1.807) is 0 Å². The molecule has 100 valence electrons. The summed E-state index contributed by atoms with van der Waals surface area (Å²) in [6.07, 6.45) is 3.09. The maximum atomic E-state index is 5.73. The Bertz CT molecular complexity index is 560. The number of nitrogens with zero attached hydrogens (tertiary/aromatic N) is 2. The van der Waals surface area contributed by atoms with Gasteiger partial charge in [0.25, 0.3) is 0 Å². The molecule has 2 unspecified atom stereocenters. The summed E-state index contributed by atoms with van der Waals surface area (Å²) < 4.78 is 5.39. The summed E-state index contributed by atoms with van der Waals surface area (Å²) >= 11 is 0. The van der Waals surface area contributed by atoms with Crippen molar-refractivity contribution in [2.45, 2.75) is 38.0 Å². The lowest BCUT2D eigenvalue weighted by molar-refractivity contribution is 0.346. The fourth-order valence-electron chi connectivity index (χ4n) is 2.82. The maximum absolute atomic E-state index is 5.73. The molecule has 4 heteroatoms. The normalized spacial score (nSPS) is 19.4. The topological polar surface area (TPSA) is 64.9 Å². The standard InChI is InChI=1S/C15H19N3O/c1-2-10(9-16)15-17-14(18-19-15)13-8-7-11-5-3-4-6-12(11)13/h3-6,10,13H,2,7-9,16H2,1H3. The maximum Gasteiger partial charge on any atom is 0.231 e. The summed E-state index contributed by atoms with van der Waals surface area (Å²) in [4.78, 5) is 4.58. The Morgan fingerprint density at radius 1 is 1.42 bits per heavy atom. The van der Waals surface area contributed by atoms with E-state index < -0.39 is 0 Å². The first-order valence-electron chi connectivity index (χ1n) is 6.94. The fraction of sp³-hybridized carbons (Fsp3) is 0.467. The molecule has 0 radical (unpaired) electrons.